The summed E-state index contributed by atoms with van der Waals surface area (Å²) < 4.78 is 18.2. The summed E-state index contributed by atoms with van der Waals surface area (Å²) in [7, 11) is 1.36. The Morgan fingerprint density at radius 2 is 2.37 bits per heavy atom. The summed E-state index contributed by atoms with van der Waals surface area (Å²) in [6.45, 7) is 3.85. The second-order valence-corrected chi connectivity index (χ2v) is 3.74. The maximum absolute atomic E-state index is 13.5. The molecule has 0 aliphatic carbocycles. The Balaban J connectivity index is 2.74. The van der Waals surface area contributed by atoms with Crippen LogP contribution in [-0.4, -0.2) is 42.8 Å². The predicted octanol–water partition coefficient (Wildman–Crippen LogP) is 1.85. The van der Waals surface area contributed by atoms with Gasteiger partial charge in [-0.3, -0.25) is 0 Å². The summed E-state index contributed by atoms with van der Waals surface area (Å²) in [6, 6.07) is 3.69. The molecule has 0 aliphatic rings. The van der Waals surface area contributed by atoms with E-state index >= 15 is 0 Å². The van der Waals surface area contributed by atoms with Crippen molar-refractivity contribution in [2.45, 2.75) is 0 Å². The van der Waals surface area contributed by atoms with Crippen molar-refractivity contribution in [2.24, 2.45) is 0 Å². The third-order valence-electron chi connectivity index (χ3n) is 2.41. The van der Waals surface area contributed by atoms with E-state index in [9.17, 15) is 9.18 Å². The van der Waals surface area contributed by atoms with E-state index in [0.29, 0.717) is 12.2 Å². The van der Waals surface area contributed by atoms with Crippen LogP contribution in [-0.2, 0) is 0 Å². The molecule has 0 aromatic heterocycles. The normalized spacial score (nSPS) is 9.84. The van der Waals surface area contributed by atoms with Crippen LogP contribution in [0.4, 0.5) is 14.9 Å². The molecule has 2 amide bonds. The smallest absolute Gasteiger partial charge is 0.322 e. The third-order valence-corrected chi connectivity index (χ3v) is 2.41. The average Bonchev–Trinajstić information content (AvgIpc) is 2.38. The topological polar surface area (TPSA) is 61.8 Å². The number of aliphatic hydroxyl groups is 1. The molecule has 0 saturated heterocycles. The fourth-order valence-electron chi connectivity index (χ4n) is 1.50. The molecule has 1 rings (SSSR count). The minimum absolute atomic E-state index is 0.108. The number of nitrogens with zero attached hydrogens (tertiary/aromatic N) is 1. The molecule has 19 heavy (non-hydrogen) atoms. The highest BCUT2D eigenvalue weighted by molar-refractivity contribution is 5.89. The van der Waals surface area contributed by atoms with Gasteiger partial charge in [0.2, 0.25) is 0 Å². The molecule has 0 saturated carbocycles. The Hall–Kier alpha value is -2.08. The molecule has 6 heteroatoms. The van der Waals surface area contributed by atoms with Crippen molar-refractivity contribution in [3.05, 3.63) is 36.7 Å². The van der Waals surface area contributed by atoms with E-state index in [1.54, 1.807) is 6.08 Å². The number of nitrogens with one attached hydrogen (secondary N) is 1. The van der Waals surface area contributed by atoms with E-state index in [0.717, 1.165) is 0 Å². The lowest BCUT2D eigenvalue weighted by Gasteiger charge is -2.20. The molecule has 0 fully saturated rings. The molecule has 0 spiro atoms. The van der Waals surface area contributed by atoms with Gasteiger partial charge < -0.3 is 20.1 Å². The molecule has 0 aliphatic heterocycles. The number of urea groups is 1. The number of hydrogen-bond donors (Lipinski definition) is 2. The summed E-state index contributed by atoms with van der Waals surface area (Å²) in [6.07, 6.45) is 1.55. The van der Waals surface area contributed by atoms with Crippen molar-refractivity contribution >= 4 is 11.7 Å². The molecule has 0 bridgehead atoms. The van der Waals surface area contributed by atoms with Gasteiger partial charge in [-0.15, -0.1) is 6.58 Å². The number of hydrogen-bond acceptors (Lipinski definition) is 3. The van der Waals surface area contributed by atoms with Crippen LogP contribution in [0.5, 0.6) is 5.75 Å². The average molecular weight is 268 g/mol. The van der Waals surface area contributed by atoms with Gasteiger partial charge in [0.25, 0.3) is 0 Å². The van der Waals surface area contributed by atoms with E-state index < -0.39 is 11.8 Å². The van der Waals surface area contributed by atoms with Crippen molar-refractivity contribution in [1.82, 2.24) is 4.90 Å². The van der Waals surface area contributed by atoms with E-state index in [2.05, 4.69) is 11.9 Å². The van der Waals surface area contributed by atoms with Crippen LogP contribution in [0.3, 0.4) is 0 Å². The quantitative estimate of drug-likeness (QED) is 0.774. The molecule has 0 radical (unpaired) electrons. The zero-order valence-corrected chi connectivity index (χ0v) is 10.7. The number of carbonyl (C=O) groups excluding carboxylic acids is 1. The highest BCUT2D eigenvalue weighted by atomic mass is 19.1. The molecule has 5 nitrogen and oxygen atoms in total. The van der Waals surface area contributed by atoms with E-state index in [4.69, 9.17) is 9.84 Å². The van der Waals surface area contributed by atoms with Crippen LogP contribution in [0.15, 0.2) is 30.9 Å². The second-order valence-electron chi connectivity index (χ2n) is 3.74. The number of amides is 2. The first-order chi connectivity index (χ1) is 9.12. The van der Waals surface area contributed by atoms with Crippen LogP contribution in [0, 0.1) is 5.82 Å². The van der Waals surface area contributed by atoms with Gasteiger partial charge in [-0.1, -0.05) is 6.08 Å². The zero-order chi connectivity index (χ0) is 14.3. The Labute approximate surface area is 111 Å². The summed E-state index contributed by atoms with van der Waals surface area (Å²) in [5, 5.41) is 11.4. The van der Waals surface area contributed by atoms with Crippen LogP contribution >= 0.6 is 0 Å². The van der Waals surface area contributed by atoms with Gasteiger partial charge in [0, 0.05) is 24.8 Å². The first kappa shape index (κ1) is 15.0. The number of rotatable bonds is 6. The molecule has 104 valence electrons. The molecule has 2 N–H and O–H groups in total. The highest BCUT2D eigenvalue weighted by Gasteiger charge is 2.12. The fraction of sp³-hybridized carbons (Fsp3) is 0.308. The van der Waals surface area contributed by atoms with Crippen molar-refractivity contribution in [2.75, 3.05) is 32.1 Å². The van der Waals surface area contributed by atoms with Crippen molar-refractivity contribution in [3.63, 3.8) is 0 Å². The second kappa shape index (κ2) is 7.38. The monoisotopic (exact) mass is 268 g/mol. The first-order valence-corrected chi connectivity index (χ1v) is 5.73. The minimum atomic E-state index is -0.558. The number of carbonyl (C=O) groups is 1. The number of aliphatic hydroxyl groups excluding tert-OH is 1. The fourth-order valence-corrected chi connectivity index (χ4v) is 1.50. The van der Waals surface area contributed by atoms with E-state index in [-0.39, 0.29) is 18.9 Å². The van der Waals surface area contributed by atoms with Crippen molar-refractivity contribution < 1.29 is 19.0 Å². The Morgan fingerprint density at radius 3 is 2.89 bits per heavy atom. The minimum Gasteiger partial charge on any atom is -0.494 e. The number of ether oxygens (including phenoxy) is 1. The van der Waals surface area contributed by atoms with Gasteiger partial charge in [-0.2, -0.15) is 0 Å². The van der Waals surface area contributed by atoms with Crippen LogP contribution in [0.2, 0.25) is 0 Å². The summed E-state index contributed by atoms with van der Waals surface area (Å²) in [5.74, 6) is -0.450. The Morgan fingerprint density at radius 1 is 1.63 bits per heavy atom. The molecular formula is C13H17FN2O3. The van der Waals surface area contributed by atoms with Crippen LogP contribution < -0.4 is 10.1 Å². The molecule has 0 heterocycles. The largest absolute Gasteiger partial charge is 0.494 e. The maximum atomic E-state index is 13.5. The number of methoxy groups -OCH3 is 1. The number of halogens is 1. The third kappa shape index (κ3) is 4.26. The SMILES string of the molecule is C=CCN(CCO)C(=O)Nc1ccc(OC)c(F)c1. The standard InChI is InChI=1S/C13H17FN2O3/c1-3-6-16(7-8-17)13(18)15-10-4-5-12(19-2)11(14)9-10/h3-5,9,17H,1,6-8H2,2H3,(H,15,18). The van der Waals surface area contributed by atoms with Gasteiger partial charge in [0.15, 0.2) is 11.6 Å². The lowest BCUT2D eigenvalue weighted by molar-refractivity contribution is 0.195. The molecule has 1 aromatic rings. The maximum Gasteiger partial charge on any atom is 0.322 e. The molecular weight excluding hydrogens is 251 g/mol. The van der Waals surface area contributed by atoms with Gasteiger partial charge in [0.05, 0.1) is 13.7 Å². The van der Waals surface area contributed by atoms with E-state index in [1.807, 2.05) is 0 Å². The van der Waals surface area contributed by atoms with Gasteiger partial charge in [0.1, 0.15) is 0 Å². The highest BCUT2D eigenvalue weighted by Crippen LogP contribution is 2.20. The van der Waals surface area contributed by atoms with E-state index in [1.165, 1.54) is 30.2 Å². The summed E-state index contributed by atoms with van der Waals surface area (Å²) >= 11 is 0. The van der Waals surface area contributed by atoms with Gasteiger partial charge in [-0.05, 0) is 12.1 Å². The predicted molar refractivity (Wildman–Crippen MR) is 70.8 cm³/mol. The zero-order valence-electron chi connectivity index (χ0n) is 10.7. The first-order valence-electron chi connectivity index (χ1n) is 5.73. The number of benzene rings is 1. The van der Waals surface area contributed by atoms with Crippen molar-refractivity contribution in [3.8, 4) is 5.75 Å². The Bertz CT molecular complexity index is 452. The number of anilines is 1. The van der Waals surface area contributed by atoms with Gasteiger partial charge >= 0.3 is 6.03 Å². The molecule has 0 atom stereocenters. The van der Waals surface area contributed by atoms with Crippen molar-refractivity contribution in [1.29, 1.82) is 0 Å². The Kier molecular flexibility index (Phi) is 5.81. The lowest BCUT2D eigenvalue weighted by Crippen LogP contribution is -2.37. The molecule has 1 aromatic carbocycles. The summed E-state index contributed by atoms with van der Waals surface area (Å²) in [5.41, 5.74) is 0.315. The summed E-state index contributed by atoms with van der Waals surface area (Å²) in [4.78, 5) is 13.2. The molecule has 0 unspecified atom stereocenters. The lowest BCUT2D eigenvalue weighted by atomic mass is 10.3. The van der Waals surface area contributed by atoms with Gasteiger partial charge in [-0.25, -0.2) is 9.18 Å². The van der Waals surface area contributed by atoms with Crippen LogP contribution in [0.1, 0.15) is 0 Å². The van der Waals surface area contributed by atoms with Crippen LogP contribution in [0.25, 0.3) is 0 Å².